The van der Waals surface area contributed by atoms with Crippen LogP contribution in [0.15, 0.2) is 35.3 Å². The Kier molecular flexibility index (Phi) is 2.99. The minimum atomic E-state index is -0.359. The summed E-state index contributed by atoms with van der Waals surface area (Å²) in [6, 6.07) is 9.16. The highest BCUT2D eigenvalue weighted by Gasteiger charge is 2.09. The monoisotopic (exact) mass is 244 g/mol. The van der Waals surface area contributed by atoms with Gasteiger partial charge in [0, 0.05) is 16.8 Å². The molecule has 0 saturated carbocycles. The summed E-state index contributed by atoms with van der Waals surface area (Å²) < 4.78 is 0. The Morgan fingerprint density at radius 3 is 2.53 bits per heavy atom. The van der Waals surface area contributed by atoms with Crippen LogP contribution in [0.25, 0.3) is 11.1 Å². The Labute approximate surface area is 103 Å². The molecule has 1 N–H and O–H groups in total. The molecule has 1 heterocycles. The molecule has 84 valence electrons. The quantitative estimate of drug-likeness (QED) is 0.839. The van der Waals surface area contributed by atoms with E-state index in [-0.39, 0.29) is 11.1 Å². The number of rotatable bonds is 1. The average Bonchev–Trinajstić information content (AvgIpc) is 2.31. The van der Waals surface area contributed by atoms with E-state index in [4.69, 9.17) is 16.9 Å². The number of aromatic nitrogens is 1. The Morgan fingerprint density at radius 1 is 1.29 bits per heavy atom. The van der Waals surface area contributed by atoms with E-state index in [1.807, 2.05) is 18.2 Å². The van der Waals surface area contributed by atoms with E-state index in [2.05, 4.69) is 4.98 Å². The largest absolute Gasteiger partial charge is 0.327 e. The van der Waals surface area contributed by atoms with Crippen molar-refractivity contribution in [3.8, 4) is 17.2 Å². The number of nitrogens with one attached hydrogen (secondary N) is 1. The lowest BCUT2D eigenvalue weighted by Crippen LogP contribution is -2.12. The molecule has 1 aromatic heterocycles. The van der Waals surface area contributed by atoms with Gasteiger partial charge >= 0.3 is 0 Å². The van der Waals surface area contributed by atoms with Gasteiger partial charge in [0.15, 0.2) is 0 Å². The molecule has 0 aliphatic rings. The van der Waals surface area contributed by atoms with Gasteiger partial charge in [0.2, 0.25) is 0 Å². The standard InChI is InChI=1S/C13H9ClN2O/c1-8-11(6-15)13(17)16-7-12(8)9-2-4-10(14)5-3-9/h2-5,7H,1H3,(H,16,17). The lowest BCUT2D eigenvalue weighted by molar-refractivity contribution is 1.18. The molecule has 0 radical (unpaired) electrons. The molecule has 0 spiro atoms. The van der Waals surface area contributed by atoms with Crippen molar-refractivity contribution in [1.29, 1.82) is 5.26 Å². The van der Waals surface area contributed by atoms with Gasteiger partial charge in [-0.2, -0.15) is 5.26 Å². The van der Waals surface area contributed by atoms with E-state index in [1.54, 1.807) is 25.3 Å². The number of nitrogens with zero attached hydrogens (tertiary/aromatic N) is 1. The summed E-state index contributed by atoms with van der Waals surface area (Å²) in [6.45, 7) is 1.76. The summed E-state index contributed by atoms with van der Waals surface area (Å²) in [5.41, 5.74) is 2.22. The van der Waals surface area contributed by atoms with E-state index in [0.717, 1.165) is 11.1 Å². The van der Waals surface area contributed by atoms with Crippen molar-refractivity contribution in [2.75, 3.05) is 0 Å². The Bertz CT molecular complexity index is 651. The predicted octanol–water partition coefficient (Wildman–Crippen LogP) is 2.88. The molecule has 4 heteroatoms. The summed E-state index contributed by atoms with van der Waals surface area (Å²) in [5, 5.41) is 9.57. The van der Waals surface area contributed by atoms with Crippen LogP contribution in [0.4, 0.5) is 0 Å². The molecule has 0 bridgehead atoms. The molecule has 17 heavy (non-hydrogen) atoms. The summed E-state index contributed by atoms with van der Waals surface area (Å²) in [4.78, 5) is 14.0. The highest BCUT2D eigenvalue weighted by molar-refractivity contribution is 6.30. The van der Waals surface area contributed by atoms with Crippen molar-refractivity contribution in [2.45, 2.75) is 6.92 Å². The van der Waals surface area contributed by atoms with E-state index in [9.17, 15) is 4.79 Å². The normalized spacial score (nSPS) is 9.94. The summed E-state index contributed by atoms with van der Waals surface area (Å²) in [6.07, 6.45) is 1.61. The van der Waals surface area contributed by atoms with Crippen LogP contribution in [-0.4, -0.2) is 4.98 Å². The SMILES string of the molecule is Cc1c(-c2ccc(Cl)cc2)c[nH]c(=O)c1C#N. The molecular formula is C13H9ClN2O. The highest BCUT2D eigenvalue weighted by Crippen LogP contribution is 2.24. The van der Waals surface area contributed by atoms with Gasteiger partial charge in [-0.05, 0) is 30.2 Å². The van der Waals surface area contributed by atoms with Crippen molar-refractivity contribution < 1.29 is 0 Å². The number of nitriles is 1. The van der Waals surface area contributed by atoms with Crippen LogP contribution in [-0.2, 0) is 0 Å². The van der Waals surface area contributed by atoms with E-state index in [0.29, 0.717) is 10.6 Å². The van der Waals surface area contributed by atoms with Crippen LogP contribution in [0.3, 0.4) is 0 Å². The number of pyridine rings is 1. The smallest absolute Gasteiger partial charge is 0.266 e. The van der Waals surface area contributed by atoms with Crippen molar-refractivity contribution in [3.63, 3.8) is 0 Å². The topological polar surface area (TPSA) is 56.6 Å². The number of hydrogen-bond acceptors (Lipinski definition) is 2. The molecule has 2 rings (SSSR count). The second-order valence-electron chi connectivity index (χ2n) is 3.65. The number of benzene rings is 1. The fourth-order valence-electron chi connectivity index (χ4n) is 1.69. The van der Waals surface area contributed by atoms with E-state index in [1.165, 1.54) is 0 Å². The molecule has 0 aliphatic heterocycles. The molecule has 0 aliphatic carbocycles. The zero-order valence-corrected chi connectivity index (χ0v) is 9.88. The second kappa shape index (κ2) is 4.44. The van der Waals surface area contributed by atoms with Gasteiger partial charge in [0.25, 0.3) is 5.56 Å². The molecule has 3 nitrogen and oxygen atoms in total. The average molecular weight is 245 g/mol. The van der Waals surface area contributed by atoms with Crippen molar-refractivity contribution in [1.82, 2.24) is 4.98 Å². The molecule has 0 atom stereocenters. The lowest BCUT2D eigenvalue weighted by Gasteiger charge is -2.06. The molecule has 0 unspecified atom stereocenters. The molecular weight excluding hydrogens is 236 g/mol. The van der Waals surface area contributed by atoms with Crippen molar-refractivity contribution >= 4 is 11.6 Å². The van der Waals surface area contributed by atoms with Crippen LogP contribution < -0.4 is 5.56 Å². The third-order valence-electron chi connectivity index (χ3n) is 2.62. The third kappa shape index (κ3) is 2.08. The van der Waals surface area contributed by atoms with Crippen molar-refractivity contribution in [2.24, 2.45) is 0 Å². The zero-order valence-electron chi connectivity index (χ0n) is 9.12. The maximum Gasteiger partial charge on any atom is 0.266 e. The first-order chi connectivity index (χ1) is 8.13. The number of aromatic amines is 1. The fraction of sp³-hybridized carbons (Fsp3) is 0.0769. The molecule has 2 aromatic rings. The molecule has 0 saturated heterocycles. The maximum absolute atomic E-state index is 11.4. The first-order valence-corrected chi connectivity index (χ1v) is 5.39. The summed E-state index contributed by atoms with van der Waals surface area (Å²) >= 11 is 5.81. The Balaban J connectivity index is 2.66. The minimum absolute atomic E-state index is 0.150. The maximum atomic E-state index is 11.4. The van der Waals surface area contributed by atoms with Gasteiger partial charge in [-0.25, -0.2) is 0 Å². The van der Waals surface area contributed by atoms with E-state index < -0.39 is 0 Å². The van der Waals surface area contributed by atoms with Crippen molar-refractivity contribution in [3.05, 3.63) is 57.0 Å². The minimum Gasteiger partial charge on any atom is -0.327 e. The lowest BCUT2D eigenvalue weighted by atomic mass is 10.00. The highest BCUT2D eigenvalue weighted by atomic mass is 35.5. The summed E-state index contributed by atoms with van der Waals surface area (Å²) in [7, 11) is 0. The fourth-order valence-corrected chi connectivity index (χ4v) is 1.81. The Hall–Kier alpha value is -2.05. The number of H-pyrrole nitrogens is 1. The second-order valence-corrected chi connectivity index (χ2v) is 4.09. The van der Waals surface area contributed by atoms with Gasteiger partial charge in [-0.3, -0.25) is 4.79 Å². The first kappa shape index (κ1) is 11.4. The van der Waals surface area contributed by atoms with Crippen LogP contribution in [0.5, 0.6) is 0 Å². The first-order valence-electron chi connectivity index (χ1n) is 5.02. The van der Waals surface area contributed by atoms with Gasteiger partial charge in [-0.15, -0.1) is 0 Å². The van der Waals surface area contributed by atoms with Crippen LogP contribution in [0, 0.1) is 18.3 Å². The molecule has 1 aromatic carbocycles. The summed E-state index contributed by atoms with van der Waals surface area (Å²) in [5.74, 6) is 0. The number of halogens is 1. The van der Waals surface area contributed by atoms with Gasteiger partial charge in [0.05, 0.1) is 0 Å². The van der Waals surface area contributed by atoms with Crippen LogP contribution >= 0.6 is 11.6 Å². The van der Waals surface area contributed by atoms with Gasteiger partial charge < -0.3 is 4.98 Å². The van der Waals surface area contributed by atoms with Gasteiger partial charge in [0.1, 0.15) is 11.6 Å². The van der Waals surface area contributed by atoms with Gasteiger partial charge in [-0.1, -0.05) is 23.7 Å². The molecule has 0 fully saturated rings. The van der Waals surface area contributed by atoms with Crippen LogP contribution in [0.1, 0.15) is 11.1 Å². The number of hydrogen-bond donors (Lipinski definition) is 1. The third-order valence-corrected chi connectivity index (χ3v) is 2.87. The Morgan fingerprint density at radius 2 is 1.94 bits per heavy atom. The zero-order chi connectivity index (χ0) is 12.4. The van der Waals surface area contributed by atoms with Crippen LogP contribution in [0.2, 0.25) is 5.02 Å². The van der Waals surface area contributed by atoms with E-state index >= 15 is 0 Å². The predicted molar refractivity (Wildman–Crippen MR) is 67.0 cm³/mol. The molecule has 0 amide bonds.